The molecule has 37 heavy (non-hydrogen) atoms. The summed E-state index contributed by atoms with van der Waals surface area (Å²) in [5, 5.41) is 5.00. The molecule has 0 unspecified atom stereocenters. The van der Waals surface area contributed by atoms with Crippen LogP contribution in [0.4, 0.5) is 9.18 Å². The number of hydrogen-bond acceptors (Lipinski definition) is 7. The highest BCUT2D eigenvalue weighted by atomic mass is 32.1. The van der Waals surface area contributed by atoms with Gasteiger partial charge < -0.3 is 15.0 Å². The fourth-order valence-electron chi connectivity index (χ4n) is 5.29. The summed E-state index contributed by atoms with van der Waals surface area (Å²) in [5.74, 6) is -1.37. The van der Waals surface area contributed by atoms with Crippen molar-refractivity contribution in [3.05, 3.63) is 63.9 Å². The standard InChI is InChI=1S/C26H23FN4O5S/c27-18-3-5-20-23(29-12-37-20)22(18)15-8-16(9-15)36-26(35)28-10-13-1-2-14-11-31(25(34)17(14)7-13)19-4-6-21(32)30-24(19)33/h1-3,5,7,12,15-16,19H,4,6,8-11H2,(H,28,35)(H,30,32,33)/t15?,16?,19-/m0/s1. The van der Waals surface area contributed by atoms with Crippen LogP contribution in [0, 0.1) is 5.82 Å². The Balaban J connectivity index is 1.02. The summed E-state index contributed by atoms with van der Waals surface area (Å²) < 4.78 is 20.9. The third kappa shape index (κ3) is 4.33. The number of halogens is 1. The number of ether oxygens (including phenoxy) is 1. The van der Waals surface area contributed by atoms with Crippen LogP contribution in [0.2, 0.25) is 0 Å². The van der Waals surface area contributed by atoms with Crippen molar-refractivity contribution in [3.63, 3.8) is 0 Å². The summed E-state index contributed by atoms with van der Waals surface area (Å²) in [4.78, 5) is 54.7. The van der Waals surface area contributed by atoms with Crippen LogP contribution in [0.5, 0.6) is 0 Å². The van der Waals surface area contributed by atoms with Gasteiger partial charge in [0.15, 0.2) is 0 Å². The maximum atomic E-state index is 14.4. The molecule has 0 radical (unpaired) electrons. The molecule has 1 aliphatic carbocycles. The number of thiazole rings is 1. The molecule has 3 aliphatic rings. The number of nitrogens with zero attached hydrogens (tertiary/aromatic N) is 2. The lowest BCUT2D eigenvalue weighted by Crippen LogP contribution is -2.52. The number of rotatable bonds is 5. The first-order chi connectivity index (χ1) is 17.9. The highest BCUT2D eigenvalue weighted by Crippen LogP contribution is 2.43. The topological polar surface area (TPSA) is 118 Å². The van der Waals surface area contributed by atoms with Gasteiger partial charge >= 0.3 is 6.09 Å². The van der Waals surface area contributed by atoms with E-state index >= 15 is 0 Å². The Morgan fingerprint density at radius 3 is 2.86 bits per heavy atom. The van der Waals surface area contributed by atoms with Crippen LogP contribution in [0.15, 0.2) is 35.8 Å². The highest BCUT2D eigenvalue weighted by molar-refractivity contribution is 7.16. The third-order valence-electron chi connectivity index (χ3n) is 7.29. The van der Waals surface area contributed by atoms with Gasteiger partial charge in [-0.1, -0.05) is 12.1 Å². The van der Waals surface area contributed by atoms with E-state index in [1.807, 2.05) is 12.1 Å². The van der Waals surface area contributed by atoms with Crippen molar-refractivity contribution in [2.45, 2.75) is 56.8 Å². The summed E-state index contributed by atoms with van der Waals surface area (Å²) >= 11 is 1.47. The van der Waals surface area contributed by atoms with Crippen molar-refractivity contribution in [3.8, 4) is 0 Å². The molecule has 2 N–H and O–H groups in total. The molecule has 0 spiro atoms. The van der Waals surface area contributed by atoms with Gasteiger partial charge in [-0.15, -0.1) is 11.3 Å². The van der Waals surface area contributed by atoms with Gasteiger partial charge in [0.2, 0.25) is 11.8 Å². The number of amides is 4. The molecule has 4 amide bonds. The molecule has 6 rings (SSSR count). The van der Waals surface area contributed by atoms with Crippen LogP contribution < -0.4 is 10.6 Å². The van der Waals surface area contributed by atoms with Crippen molar-refractivity contribution in [2.24, 2.45) is 0 Å². The number of nitrogens with one attached hydrogen (secondary N) is 2. The van der Waals surface area contributed by atoms with Crippen LogP contribution in [0.3, 0.4) is 0 Å². The molecule has 2 fully saturated rings. The molecule has 9 nitrogen and oxygen atoms in total. The van der Waals surface area contributed by atoms with Crippen LogP contribution in [-0.4, -0.2) is 45.8 Å². The van der Waals surface area contributed by atoms with Crippen molar-refractivity contribution < 1.29 is 28.3 Å². The van der Waals surface area contributed by atoms with Gasteiger partial charge in [0.1, 0.15) is 18.0 Å². The fourth-order valence-corrected chi connectivity index (χ4v) is 5.99. The van der Waals surface area contributed by atoms with E-state index in [1.165, 1.54) is 22.3 Å². The number of aromatic nitrogens is 1. The van der Waals surface area contributed by atoms with Crippen molar-refractivity contribution in [1.29, 1.82) is 0 Å². The fraction of sp³-hybridized carbons (Fsp3) is 0.346. The van der Waals surface area contributed by atoms with Crippen LogP contribution >= 0.6 is 11.3 Å². The molecule has 1 saturated heterocycles. The Kier molecular flexibility index (Phi) is 5.86. The Bertz CT molecular complexity index is 1450. The minimum atomic E-state index is -0.670. The first-order valence-corrected chi connectivity index (χ1v) is 13.0. The number of carbonyl (C=O) groups excluding carboxylic acids is 4. The molecule has 2 aliphatic heterocycles. The van der Waals surface area contributed by atoms with Gasteiger partial charge in [0.25, 0.3) is 5.91 Å². The number of benzene rings is 2. The number of imide groups is 1. The lowest BCUT2D eigenvalue weighted by Gasteiger charge is -2.35. The lowest BCUT2D eigenvalue weighted by molar-refractivity contribution is -0.136. The molecule has 1 aromatic heterocycles. The molecule has 1 atom stereocenters. The van der Waals surface area contributed by atoms with Crippen molar-refractivity contribution in [1.82, 2.24) is 20.5 Å². The van der Waals surface area contributed by atoms with E-state index < -0.39 is 18.0 Å². The molecule has 3 heterocycles. The zero-order valence-corrected chi connectivity index (χ0v) is 20.5. The zero-order chi connectivity index (χ0) is 25.7. The molecular weight excluding hydrogens is 499 g/mol. The van der Waals surface area contributed by atoms with Gasteiger partial charge in [-0.2, -0.15) is 0 Å². The lowest BCUT2D eigenvalue weighted by atomic mass is 9.77. The highest BCUT2D eigenvalue weighted by Gasteiger charge is 2.39. The van der Waals surface area contributed by atoms with Gasteiger partial charge in [-0.25, -0.2) is 14.2 Å². The summed E-state index contributed by atoms with van der Waals surface area (Å²) in [6.07, 6.45) is 0.688. The smallest absolute Gasteiger partial charge is 0.407 e. The molecule has 190 valence electrons. The second-order valence-electron chi connectivity index (χ2n) is 9.60. The van der Waals surface area contributed by atoms with Crippen molar-refractivity contribution >= 4 is 45.4 Å². The Morgan fingerprint density at radius 1 is 1.22 bits per heavy atom. The number of piperidine rings is 1. The predicted octanol–water partition coefficient (Wildman–Crippen LogP) is 3.37. The summed E-state index contributed by atoms with van der Waals surface area (Å²) in [7, 11) is 0. The first kappa shape index (κ1) is 23.5. The second-order valence-corrected chi connectivity index (χ2v) is 10.5. The Morgan fingerprint density at radius 2 is 2.05 bits per heavy atom. The number of hydrogen-bond donors (Lipinski definition) is 2. The zero-order valence-electron chi connectivity index (χ0n) is 19.7. The predicted molar refractivity (Wildman–Crippen MR) is 131 cm³/mol. The summed E-state index contributed by atoms with van der Waals surface area (Å²) in [6.45, 7) is 0.467. The number of carbonyl (C=O) groups is 4. The first-order valence-electron chi connectivity index (χ1n) is 12.1. The summed E-state index contributed by atoms with van der Waals surface area (Å²) in [6, 6.07) is 7.85. The maximum Gasteiger partial charge on any atom is 0.407 e. The summed E-state index contributed by atoms with van der Waals surface area (Å²) in [5.41, 5.74) is 4.97. The quantitative estimate of drug-likeness (QED) is 0.496. The Hall–Kier alpha value is -3.86. The Labute approximate surface area is 215 Å². The van der Waals surface area contributed by atoms with Crippen LogP contribution in [0.1, 0.15) is 58.6 Å². The largest absolute Gasteiger partial charge is 0.446 e. The van der Waals surface area contributed by atoms with E-state index in [2.05, 4.69) is 15.6 Å². The van der Waals surface area contributed by atoms with E-state index in [-0.39, 0.29) is 42.6 Å². The van der Waals surface area contributed by atoms with E-state index in [0.717, 1.165) is 15.8 Å². The van der Waals surface area contributed by atoms with Gasteiger partial charge in [0, 0.05) is 30.6 Å². The van der Waals surface area contributed by atoms with Gasteiger partial charge in [-0.3, -0.25) is 19.7 Å². The van der Waals surface area contributed by atoms with Gasteiger partial charge in [0.05, 0.1) is 15.7 Å². The normalized spacial score (nSPS) is 23.0. The maximum absolute atomic E-state index is 14.4. The monoisotopic (exact) mass is 522 g/mol. The number of fused-ring (bicyclic) bond motifs is 2. The minimum absolute atomic E-state index is 0.0429. The minimum Gasteiger partial charge on any atom is -0.446 e. The van der Waals surface area contributed by atoms with E-state index in [1.54, 1.807) is 17.6 Å². The van der Waals surface area contributed by atoms with Gasteiger partial charge in [-0.05, 0) is 54.5 Å². The van der Waals surface area contributed by atoms with E-state index in [4.69, 9.17) is 4.74 Å². The average molecular weight is 523 g/mol. The molecule has 1 saturated carbocycles. The SMILES string of the molecule is O=C1CC[C@H](N2Cc3ccc(CNC(=O)OC4CC(c5c(F)ccc6scnc56)C4)cc3C2=O)C(=O)N1. The average Bonchev–Trinajstić information content (AvgIpc) is 3.45. The molecule has 0 bridgehead atoms. The second kappa shape index (κ2) is 9.22. The molecular formula is C26H23FN4O5S. The van der Waals surface area contributed by atoms with Crippen LogP contribution in [0.25, 0.3) is 10.2 Å². The molecule has 11 heteroatoms. The van der Waals surface area contributed by atoms with E-state index in [9.17, 15) is 23.6 Å². The molecule has 3 aromatic rings. The van der Waals surface area contributed by atoms with Crippen molar-refractivity contribution in [2.75, 3.05) is 0 Å². The van der Waals surface area contributed by atoms with Crippen LogP contribution in [-0.2, 0) is 27.4 Å². The van der Waals surface area contributed by atoms with E-state index in [0.29, 0.717) is 42.5 Å². The third-order valence-corrected chi connectivity index (χ3v) is 8.09. The number of alkyl carbamates (subject to hydrolysis) is 1. The molecule has 2 aromatic carbocycles.